The second kappa shape index (κ2) is 5.62. The van der Waals surface area contributed by atoms with Crippen LogP contribution in [-0.2, 0) is 4.74 Å². The Bertz CT molecular complexity index is 597. The average Bonchev–Trinajstić information content (AvgIpc) is 3.12. The van der Waals surface area contributed by atoms with E-state index in [9.17, 15) is 0 Å². The van der Waals surface area contributed by atoms with Crippen molar-refractivity contribution in [2.45, 2.75) is 84.7 Å². The van der Waals surface area contributed by atoms with Gasteiger partial charge in [0, 0.05) is 12.5 Å². The summed E-state index contributed by atoms with van der Waals surface area (Å²) in [6, 6.07) is 0. The van der Waals surface area contributed by atoms with Gasteiger partial charge in [-0.1, -0.05) is 26.8 Å². The summed E-state index contributed by atoms with van der Waals surface area (Å²) in [5.74, 6) is 5.57. The van der Waals surface area contributed by atoms with Crippen LogP contribution in [0.25, 0.3) is 0 Å². The smallest absolute Gasteiger partial charge is 0.0638 e. The third-order valence-electron chi connectivity index (χ3n) is 11.1. The largest absolute Gasteiger partial charge is 0.381 e. The summed E-state index contributed by atoms with van der Waals surface area (Å²) in [5.41, 5.74) is 1.72. The third-order valence-corrected chi connectivity index (χ3v) is 11.1. The highest BCUT2D eigenvalue weighted by atomic mass is 16.5. The lowest BCUT2D eigenvalue weighted by Gasteiger charge is -2.61. The standard InChI is InChI=1S/C25H40O/c1-6-7-16(2)19-8-9-20-18-14-22(26-5)25-15-17(25)10-13-24(25,4)21(18)11-12-23(19,20)3/h6,16-22H,1,7-15H2,2-5H3/t16-,17-,18+,19-,20+,21+,22-,23-,24-,25+/m1/s1. The molecule has 5 aliphatic carbocycles. The van der Waals surface area contributed by atoms with Gasteiger partial charge >= 0.3 is 0 Å². The number of fused-ring (bicyclic) bond motifs is 4. The molecule has 0 bridgehead atoms. The molecular formula is C25H40O. The highest BCUT2D eigenvalue weighted by molar-refractivity contribution is 5.26. The highest BCUT2D eigenvalue weighted by Gasteiger charge is 2.77. The van der Waals surface area contributed by atoms with Gasteiger partial charge in [0.15, 0.2) is 0 Å². The summed E-state index contributed by atoms with van der Waals surface area (Å²) in [6.07, 6.45) is 15.6. The first kappa shape index (κ1) is 17.8. The lowest BCUT2D eigenvalue weighted by Crippen LogP contribution is -2.57. The molecule has 0 aliphatic heterocycles. The number of methoxy groups -OCH3 is 1. The first-order valence-corrected chi connectivity index (χ1v) is 11.6. The van der Waals surface area contributed by atoms with Gasteiger partial charge in [-0.3, -0.25) is 0 Å². The summed E-state index contributed by atoms with van der Waals surface area (Å²) < 4.78 is 6.24. The molecule has 0 saturated heterocycles. The van der Waals surface area contributed by atoms with Crippen molar-refractivity contribution in [3.63, 3.8) is 0 Å². The van der Waals surface area contributed by atoms with E-state index < -0.39 is 0 Å². The summed E-state index contributed by atoms with van der Waals surface area (Å²) >= 11 is 0. The van der Waals surface area contributed by atoms with E-state index in [2.05, 4.69) is 33.4 Å². The number of rotatable bonds is 4. The maximum Gasteiger partial charge on any atom is 0.0638 e. The van der Waals surface area contributed by atoms with Crippen LogP contribution in [0.5, 0.6) is 0 Å². The van der Waals surface area contributed by atoms with Crippen molar-refractivity contribution >= 4 is 0 Å². The zero-order valence-corrected chi connectivity index (χ0v) is 17.6. The molecule has 0 aromatic rings. The SMILES string of the molecule is C=CC[C@@H](C)[C@H]1CC[C@H]2[C@@H]3C[C@@H](OC)[C@]45C[C@H]4CC[C@]5(C)[C@H]3CC[C@]12C. The number of ether oxygens (including phenoxy) is 1. The predicted octanol–water partition coefficient (Wildman–Crippen LogP) is 6.48. The van der Waals surface area contributed by atoms with Crippen LogP contribution < -0.4 is 0 Å². The molecule has 1 spiro atoms. The van der Waals surface area contributed by atoms with Crippen molar-refractivity contribution < 1.29 is 4.74 Å². The predicted molar refractivity (Wildman–Crippen MR) is 108 cm³/mol. The lowest BCUT2D eigenvalue weighted by atomic mass is 9.45. The molecule has 0 unspecified atom stereocenters. The lowest BCUT2D eigenvalue weighted by molar-refractivity contribution is -0.161. The van der Waals surface area contributed by atoms with Gasteiger partial charge in [-0.2, -0.15) is 0 Å². The van der Waals surface area contributed by atoms with Crippen LogP contribution in [0.1, 0.15) is 78.6 Å². The zero-order valence-electron chi connectivity index (χ0n) is 17.6. The summed E-state index contributed by atoms with van der Waals surface area (Å²) in [7, 11) is 2.01. The van der Waals surface area contributed by atoms with Gasteiger partial charge in [0.1, 0.15) is 0 Å². The molecule has 146 valence electrons. The Kier molecular flexibility index (Phi) is 3.84. The van der Waals surface area contributed by atoms with Crippen LogP contribution >= 0.6 is 0 Å². The average molecular weight is 357 g/mol. The summed E-state index contributed by atoms with van der Waals surface area (Å²) in [6.45, 7) is 11.9. The minimum absolute atomic E-state index is 0.549. The van der Waals surface area contributed by atoms with Crippen molar-refractivity contribution in [2.75, 3.05) is 7.11 Å². The van der Waals surface area contributed by atoms with E-state index in [1.54, 1.807) is 0 Å². The van der Waals surface area contributed by atoms with Crippen molar-refractivity contribution in [1.82, 2.24) is 0 Å². The molecule has 1 heteroatoms. The molecule has 0 amide bonds. The van der Waals surface area contributed by atoms with E-state index in [4.69, 9.17) is 4.74 Å². The topological polar surface area (TPSA) is 9.23 Å². The molecule has 26 heavy (non-hydrogen) atoms. The second-order valence-electron chi connectivity index (χ2n) is 11.5. The van der Waals surface area contributed by atoms with Crippen molar-refractivity contribution in [2.24, 2.45) is 51.8 Å². The van der Waals surface area contributed by atoms with E-state index in [1.807, 2.05) is 7.11 Å². The Morgan fingerprint density at radius 3 is 2.62 bits per heavy atom. The van der Waals surface area contributed by atoms with E-state index in [-0.39, 0.29) is 0 Å². The molecule has 0 heterocycles. The van der Waals surface area contributed by atoms with Gasteiger partial charge in [0.05, 0.1) is 6.10 Å². The van der Waals surface area contributed by atoms with Crippen molar-refractivity contribution in [3.05, 3.63) is 12.7 Å². The maximum atomic E-state index is 6.24. The van der Waals surface area contributed by atoms with E-state index in [0.29, 0.717) is 22.3 Å². The highest BCUT2D eigenvalue weighted by Crippen LogP contribution is 2.82. The van der Waals surface area contributed by atoms with E-state index >= 15 is 0 Å². The third kappa shape index (κ3) is 1.92. The minimum atomic E-state index is 0.549. The van der Waals surface area contributed by atoms with Gasteiger partial charge in [-0.05, 0) is 104 Å². The Labute approximate surface area is 161 Å². The zero-order chi connectivity index (χ0) is 18.3. The molecule has 5 aliphatic rings. The fourth-order valence-electron chi connectivity index (χ4n) is 9.98. The number of hydrogen-bond acceptors (Lipinski definition) is 1. The van der Waals surface area contributed by atoms with Crippen LogP contribution in [0.4, 0.5) is 0 Å². The first-order chi connectivity index (χ1) is 12.4. The van der Waals surface area contributed by atoms with Gasteiger partial charge in [-0.15, -0.1) is 6.58 Å². The minimum Gasteiger partial charge on any atom is -0.381 e. The molecule has 5 saturated carbocycles. The van der Waals surface area contributed by atoms with Gasteiger partial charge < -0.3 is 4.74 Å². The molecule has 0 N–H and O–H groups in total. The van der Waals surface area contributed by atoms with Gasteiger partial charge in [0.25, 0.3) is 0 Å². The van der Waals surface area contributed by atoms with Crippen molar-refractivity contribution in [3.8, 4) is 0 Å². The summed E-state index contributed by atoms with van der Waals surface area (Å²) in [5, 5.41) is 0. The first-order valence-electron chi connectivity index (χ1n) is 11.6. The normalized spacial score (nSPS) is 58.3. The fourth-order valence-corrected chi connectivity index (χ4v) is 9.98. The molecule has 10 atom stereocenters. The number of allylic oxidation sites excluding steroid dienone is 1. The summed E-state index contributed by atoms with van der Waals surface area (Å²) in [4.78, 5) is 0. The Hall–Kier alpha value is -0.300. The van der Waals surface area contributed by atoms with Crippen LogP contribution in [0.3, 0.4) is 0 Å². The fraction of sp³-hybridized carbons (Fsp3) is 0.920. The van der Waals surface area contributed by atoms with Crippen LogP contribution in [0, 0.1) is 51.8 Å². The Morgan fingerprint density at radius 2 is 1.92 bits per heavy atom. The second-order valence-corrected chi connectivity index (χ2v) is 11.5. The monoisotopic (exact) mass is 356 g/mol. The molecule has 0 aromatic carbocycles. The Balaban J connectivity index is 1.47. The van der Waals surface area contributed by atoms with Gasteiger partial charge in [-0.25, -0.2) is 0 Å². The van der Waals surface area contributed by atoms with Crippen LogP contribution in [0.2, 0.25) is 0 Å². The van der Waals surface area contributed by atoms with Gasteiger partial charge in [0.2, 0.25) is 0 Å². The Morgan fingerprint density at radius 1 is 1.12 bits per heavy atom. The maximum absolute atomic E-state index is 6.24. The van der Waals surface area contributed by atoms with E-state index in [1.165, 1.54) is 57.8 Å². The molecular weight excluding hydrogens is 316 g/mol. The molecule has 5 rings (SSSR count). The molecule has 1 nitrogen and oxygen atoms in total. The molecule has 5 fully saturated rings. The van der Waals surface area contributed by atoms with Crippen LogP contribution in [-0.4, -0.2) is 13.2 Å². The molecule has 0 radical (unpaired) electrons. The molecule has 0 aromatic heterocycles. The number of hydrogen-bond donors (Lipinski definition) is 0. The quantitative estimate of drug-likeness (QED) is 0.524. The van der Waals surface area contributed by atoms with Crippen molar-refractivity contribution in [1.29, 1.82) is 0 Å². The van der Waals surface area contributed by atoms with Crippen LogP contribution in [0.15, 0.2) is 12.7 Å². The van der Waals surface area contributed by atoms with E-state index in [0.717, 1.165) is 35.5 Å².